The van der Waals surface area contributed by atoms with Gasteiger partial charge in [0.1, 0.15) is 5.67 Å². The van der Waals surface area contributed by atoms with Crippen LogP contribution in [-0.2, 0) is 4.79 Å². The standard InChI is InChI=1S/C29H44FN3O2/c1-19(26(2,3)18-31)16-33(32-6)17-25(34)24-10-9-22-21-8-7-20-15-27(4,35)13-14-29(20,30)23(21)11-12-28(22,24)5/h16,20-24,35H,6-15,17H2,1-5H3/b19-16+/t20-,21+,22+,23+,24-,27-,28+,29-/m1/s1. The highest BCUT2D eigenvalue weighted by atomic mass is 19.1. The third kappa shape index (κ3) is 4.47. The van der Waals surface area contributed by atoms with Gasteiger partial charge in [-0.05, 0) is 120 Å². The van der Waals surface area contributed by atoms with Crippen LogP contribution in [0, 0.1) is 51.8 Å². The number of carbonyl (C=O) groups excluding carboxylic acids is 1. The van der Waals surface area contributed by atoms with E-state index in [1.165, 1.54) is 0 Å². The van der Waals surface area contributed by atoms with Crippen LogP contribution in [0.1, 0.15) is 92.4 Å². The van der Waals surface area contributed by atoms with Crippen LogP contribution in [0.4, 0.5) is 4.39 Å². The molecule has 4 aliphatic carbocycles. The zero-order chi connectivity index (χ0) is 25.8. The summed E-state index contributed by atoms with van der Waals surface area (Å²) in [6, 6.07) is 2.29. The number of fused-ring (bicyclic) bond motifs is 5. The van der Waals surface area contributed by atoms with Crippen LogP contribution >= 0.6 is 0 Å². The van der Waals surface area contributed by atoms with Crippen molar-refractivity contribution in [1.29, 1.82) is 5.26 Å². The quantitative estimate of drug-likeness (QED) is 0.368. The fourth-order valence-electron chi connectivity index (χ4n) is 8.39. The molecule has 6 heteroatoms. The number of nitriles is 1. The molecule has 0 unspecified atom stereocenters. The van der Waals surface area contributed by atoms with Gasteiger partial charge in [-0.1, -0.05) is 6.92 Å². The topological polar surface area (TPSA) is 76.7 Å². The number of aliphatic hydroxyl groups is 1. The molecule has 1 N–H and O–H groups in total. The van der Waals surface area contributed by atoms with Crippen LogP contribution in [0.15, 0.2) is 16.9 Å². The molecule has 0 amide bonds. The molecule has 0 aromatic carbocycles. The Morgan fingerprint density at radius 2 is 1.91 bits per heavy atom. The number of hydrogen-bond acceptors (Lipinski definition) is 5. The Morgan fingerprint density at radius 3 is 2.57 bits per heavy atom. The van der Waals surface area contributed by atoms with Gasteiger partial charge in [-0.25, -0.2) is 4.39 Å². The van der Waals surface area contributed by atoms with Crippen molar-refractivity contribution in [2.45, 2.75) is 104 Å². The molecule has 0 saturated heterocycles. The molecule has 4 fully saturated rings. The maximum absolute atomic E-state index is 16.6. The molecule has 8 atom stereocenters. The van der Waals surface area contributed by atoms with E-state index in [-0.39, 0.29) is 35.5 Å². The lowest BCUT2D eigenvalue weighted by molar-refractivity contribution is -0.165. The average molecular weight is 486 g/mol. The molecule has 5 nitrogen and oxygen atoms in total. The van der Waals surface area contributed by atoms with Gasteiger partial charge >= 0.3 is 0 Å². The number of nitrogens with zero attached hydrogens (tertiary/aromatic N) is 3. The summed E-state index contributed by atoms with van der Waals surface area (Å²) in [4.78, 5) is 13.6. The Kier molecular flexibility index (Phi) is 6.75. The van der Waals surface area contributed by atoms with Gasteiger partial charge in [0.05, 0.1) is 23.6 Å². The first-order chi connectivity index (χ1) is 16.3. The van der Waals surface area contributed by atoms with E-state index in [0.717, 1.165) is 44.1 Å². The van der Waals surface area contributed by atoms with Gasteiger partial charge in [0.25, 0.3) is 0 Å². The van der Waals surface area contributed by atoms with Crippen molar-refractivity contribution in [2.24, 2.45) is 45.5 Å². The predicted molar refractivity (Wildman–Crippen MR) is 136 cm³/mol. The van der Waals surface area contributed by atoms with Crippen molar-refractivity contribution in [2.75, 3.05) is 6.54 Å². The third-order valence-electron chi connectivity index (χ3n) is 10.8. The molecule has 0 bridgehead atoms. The van der Waals surface area contributed by atoms with Crippen molar-refractivity contribution in [1.82, 2.24) is 5.01 Å². The SMILES string of the molecule is C=NN(/C=C(\C)C(C)(C)C#N)CC(=O)[C@H]1CC[C@H]2[C@@H]3CC[C@@H]4C[C@](C)(O)CC[C@]4(F)[C@H]3CC[C@]12C. The number of rotatable bonds is 6. The number of ketones is 1. The van der Waals surface area contributed by atoms with Crippen molar-refractivity contribution in [3.05, 3.63) is 11.8 Å². The maximum Gasteiger partial charge on any atom is 0.157 e. The molecule has 0 aliphatic heterocycles. The first kappa shape index (κ1) is 26.3. The zero-order valence-corrected chi connectivity index (χ0v) is 22.3. The molecular weight excluding hydrogens is 441 g/mol. The number of allylic oxidation sites excluding steroid dienone is 1. The van der Waals surface area contributed by atoms with Gasteiger partial charge in [0.15, 0.2) is 5.78 Å². The minimum Gasteiger partial charge on any atom is -0.390 e. The van der Waals surface area contributed by atoms with E-state index in [9.17, 15) is 15.2 Å². The Bertz CT molecular complexity index is 937. The van der Waals surface area contributed by atoms with Crippen LogP contribution < -0.4 is 0 Å². The van der Waals surface area contributed by atoms with Gasteiger partial charge in [-0.2, -0.15) is 10.4 Å². The molecule has 4 rings (SSSR count). The summed E-state index contributed by atoms with van der Waals surface area (Å²) in [5, 5.41) is 25.6. The fourth-order valence-corrected chi connectivity index (χ4v) is 8.39. The van der Waals surface area contributed by atoms with Gasteiger partial charge in [-0.3, -0.25) is 9.80 Å². The summed E-state index contributed by atoms with van der Waals surface area (Å²) in [6.07, 6.45) is 8.82. The maximum atomic E-state index is 16.6. The van der Waals surface area contributed by atoms with E-state index >= 15 is 4.39 Å². The molecule has 0 aromatic heterocycles. The van der Waals surface area contributed by atoms with Gasteiger partial charge in [0, 0.05) is 18.8 Å². The molecule has 0 spiro atoms. The lowest BCUT2D eigenvalue weighted by atomic mass is 9.48. The van der Waals surface area contributed by atoms with Crippen LogP contribution in [0.25, 0.3) is 0 Å². The first-order valence-corrected chi connectivity index (χ1v) is 13.5. The fraction of sp³-hybridized carbons (Fsp3) is 0.828. The van der Waals surface area contributed by atoms with E-state index in [4.69, 9.17) is 0 Å². The van der Waals surface area contributed by atoms with Gasteiger partial charge in [-0.15, -0.1) is 0 Å². The Hall–Kier alpha value is -1.74. The molecule has 4 saturated carbocycles. The summed E-state index contributed by atoms with van der Waals surface area (Å²) >= 11 is 0. The van der Waals surface area contributed by atoms with Crippen LogP contribution in [0.2, 0.25) is 0 Å². The zero-order valence-electron chi connectivity index (χ0n) is 22.3. The number of hydrazone groups is 1. The minimum absolute atomic E-state index is 0.0319. The van der Waals surface area contributed by atoms with Crippen molar-refractivity contribution in [3.8, 4) is 6.07 Å². The van der Waals surface area contributed by atoms with E-state index in [0.29, 0.717) is 31.1 Å². The number of carbonyl (C=O) groups is 1. The Balaban J connectivity index is 1.49. The largest absolute Gasteiger partial charge is 0.390 e. The van der Waals surface area contributed by atoms with Gasteiger partial charge in [0.2, 0.25) is 0 Å². The molecule has 0 radical (unpaired) electrons. The summed E-state index contributed by atoms with van der Waals surface area (Å²) in [5.74, 6) is 0.881. The third-order valence-corrected chi connectivity index (χ3v) is 10.8. The highest BCUT2D eigenvalue weighted by Gasteiger charge is 2.63. The van der Waals surface area contributed by atoms with Crippen LogP contribution in [0.5, 0.6) is 0 Å². The van der Waals surface area contributed by atoms with Crippen molar-refractivity contribution in [3.63, 3.8) is 0 Å². The summed E-state index contributed by atoms with van der Waals surface area (Å²) in [7, 11) is 0. The average Bonchev–Trinajstić information content (AvgIpc) is 3.16. The molecule has 0 heterocycles. The minimum atomic E-state index is -1.16. The second-order valence-electron chi connectivity index (χ2n) is 13.2. The molecule has 0 aromatic rings. The normalized spacial score (nSPS) is 43.4. The molecular formula is C29H44FN3O2. The molecule has 194 valence electrons. The monoisotopic (exact) mass is 485 g/mol. The lowest BCUT2D eigenvalue weighted by Crippen LogP contribution is -2.58. The second-order valence-corrected chi connectivity index (χ2v) is 13.2. The number of Topliss-reactive ketones (excluding diaryl/α,β-unsaturated/α-hetero) is 1. The van der Waals surface area contributed by atoms with Crippen LogP contribution in [0.3, 0.4) is 0 Å². The smallest absolute Gasteiger partial charge is 0.157 e. The second kappa shape index (κ2) is 8.98. The highest BCUT2D eigenvalue weighted by Crippen LogP contribution is 2.66. The van der Waals surface area contributed by atoms with Gasteiger partial charge < -0.3 is 5.11 Å². The number of halogens is 1. The van der Waals surface area contributed by atoms with Crippen LogP contribution in [-0.4, -0.2) is 40.4 Å². The van der Waals surface area contributed by atoms with E-state index in [2.05, 4.69) is 24.8 Å². The summed E-state index contributed by atoms with van der Waals surface area (Å²) < 4.78 is 16.6. The van der Waals surface area contributed by atoms with Crippen molar-refractivity contribution < 1.29 is 14.3 Å². The first-order valence-electron chi connectivity index (χ1n) is 13.5. The summed E-state index contributed by atoms with van der Waals surface area (Å²) in [6.45, 7) is 13.5. The summed E-state index contributed by atoms with van der Waals surface area (Å²) in [5.41, 5.74) is -1.79. The highest BCUT2D eigenvalue weighted by molar-refractivity contribution is 5.84. The van der Waals surface area contributed by atoms with E-state index in [1.54, 1.807) is 11.2 Å². The number of alkyl halides is 1. The Morgan fingerprint density at radius 1 is 1.20 bits per heavy atom. The predicted octanol–water partition coefficient (Wildman–Crippen LogP) is 6.04. The number of hydrogen-bond donors (Lipinski definition) is 1. The molecule has 4 aliphatic rings. The Labute approximate surface area is 210 Å². The lowest BCUT2D eigenvalue weighted by Gasteiger charge is -2.59. The van der Waals surface area contributed by atoms with Crippen molar-refractivity contribution >= 4 is 12.5 Å². The van der Waals surface area contributed by atoms with E-state index < -0.39 is 16.7 Å². The molecule has 35 heavy (non-hydrogen) atoms. The van der Waals surface area contributed by atoms with E-state index in [1.807, 2.05) is 27.7 Å².